The second kappa shape index (κ2) is 10.3. The Labute approximate surface area is 178 Å². The Bertz CT molecular complexity index is 933. The molecule has 0 saturated carbocycles. The van der Waals surface area contributed by atoms with E-state index in [1.54, 1.807) is 23.8 Å². The highest BCUT2D eigenvalue weighted by Gasteiger charge is 2.12. The molecule has 8 nitrogen and oxygen atoms in total. The van der Waals surface area contributed by atoms with Crippen LogP contribution in [0.5, 0.6) is 0 Å². The van der Waals surface area contributed by atoms with Gasteiger partial charge < -0.3 is 4.74 Å². The number of thiazole rings is 1. The third kappa shape index (κ3) is 5.94. The van der Waals surface area contributed by atoms with Crippen LogP contribution in [0.2, 0.25) is 0 Å². The Morgan fingerprint density at radius 2 is 1.97 bits per heavy atom. The number of hydrogen-bond acceptors (Lipinski definition) is 7. The van der Waals surface area contributed by atoms with E-state index in [2.05, 4.69) is 30.5 Å². The Balaban J connectivity index is 0.00000240. The van der Waals surface area contributed by atoms with Crippen LogP contribution in [0, 0.1) is 0 Å². The van der Waals surface area contributed by atoms with Gasteiger partial charge in [-0.25, -0.2) is 14.8 Å². The molecule has 0 bridgehead atoms. The number of carbonyl (C=O) groups is 1. The van der Waals surface area contributed by atoms with Gasteiger partial charge in [-0.15, -0.1) is 23.7 Å². The third-order valence-corrected chi connectivity index (χ3v) is 5.04. The summed E-state index contributed by atoms with van der Waals surface area (Å²) in [6.45, 7) is 3.11. The second-order valence-electron chi connectivity index (χ2n) is 6.31. The van der Waals surface area contributed by atoms with Crippen molar-refractivity contribution in [2.45, 2.75) is 13.0 Å². The van der Waals surface area contributed by atoms with Gasteiger partial charge in [-0.3, -0.25) is 20.5 Å². The summed E-state index contributed by atoms with van der Waals surface area (Å²) in [6.07, 6.45) is 4.45. The fourth-order valence-corrected chi connectivity index (χ4v) is 3.62. The maximum absolute atomic E-state index is 12.3. The van der Waals surface area contributed by atoms with Crippen molar-refractivity contribution in [2.75, 3.05) is 30.5 Å². The highest BCUT2D eigenvalue weighted by Crippen LogP contribution is 2.25. The molecule has 0 aromatic carbocycles. The molecule has 152 valence electrons. The number of halogens is 1. The predicted octanol–water partition coefficient (Wildman–Crippen LogP) is 3.85. The lowest BCUT2D eigenvalue weighted by Gasteiger charge is -2.26. The van der Waals surface area contributed by atoms with E-state index in [4.69, 9.17) is 4.74 Å². The monoisotopic (exact) mass is 432 g/mol. The number of pyridine rings is 2. The normalized spacial score (nSPS) is 14.1. The van der Waals surface area contributed by atoms with Gasteiger partial charge in [0, 0.05) is 43.0 Å². The van der Waals surface area contributed by atoms with Crippen LogP contribution in [0.4, 0.5) is 16.4 Å². The minimum atomic E-state index is -0.377. The molecule has 3 aromatic rings. The molecule has 10 heteroatoms. The number of nitrogens with one attached hydrogen (secondary N) is 2. The summed E-state index contributed by atoms with van der Waals surface area (Å²) in [5, 5.41) is 8.13. The highest BCUT2D eigenvalue weighted by molar-refractivity contribution is 7.13. The van der Waals surface area contributed by atoms with Gasteiger partial charge in [0.05, 0.1) is 12.4 Å². The van der Waals surface area contributed by atoms with Crippen LogP contribution >= 0.6 is 23.7 Å². The molecular weight excluding hydrogens is 412 g/mol. The number of urea groups is 1. The molecular formula is C19H21ClN6O2S. The van der Waals surface area contributed by atoms with Crippen LogP contribution in [0.1, 0.15) is 12.1 Å². The van der Waals surface area contributed by atoms with E-state index in [1.807, 2.05) is 24.3 Å². The zero-order valence-corrected chi connectivity index (χ0v) is 17.2. The SMILES string of the molecule is Cl.O=C(Nc1cccc(CN2CCCOC2)n1)Nc1csc(-c2ccncc2)n1. The molecule has 0 spiro atoms. The van der Waals surface area contributed by atoms with Crippen molar-refractivity contribution in [1.82, 2.24) is 19.9 Å². The fourth-order valence-electron chi connectivity index (χ4n) is 2.86. The Hall–Kier alpha value is -2.59. The average molecular weight is 433 g/mol. The lowest BCUT2D eigenvalue weighted by molar-refractivity contribution is -0.0182. The lowest BCUT2D eigenvalue weighted by atomic mass is 10.3. The number of hydrogen-bond donors (Lipinski definition) is 2. The summed E-state index contributed by atoms with van der Waals surface area (Å²) >= 11 is 1.46. The first kappa shape index (κ1) is 21.1. The number of carbonyl (C=O) groups excluding carboxylic acids is 1. The molecule has 1 saturated heterocycles. The third-order valence-electron chi connectivity index (χ3n) is 4.14. The van der Waals surface area contributed by atoms with Gasteiger partial charge in [0.2, 0.25) is 0 Å². The van der Waals surface area contributed by atoms with Crippen molar-refractivity contribution >= 4 is 41.4 Å². The molecule has 0 unspecified atom stereocenters. The van der Waals surface area contributed by atoms with E-state index in [0.29, 0.717) is 24.9 Å². The standard InChI is InChI=1S/C19H20N6O2S.ClH/c26-19(24-17-12-28-18(22-17)14-5-7-20-8-6-14)23-16-4-1-3-15(21-16)11-25-9-2-10-27-13-25;/h1,3-8,12H,2,9-11,13H2,(H2,21,23,24,26);1H. The van der Waals surface area contributed by atoms with E-state index in [1.165, 1.54) is 11.3 Å². The van der Waals surface area contributed by atoms with Crippen LogP contribution in [-0.2, 0) is 11.3 Å². The van der Waals surface area contributed by atoms with E-state index in [0.717, 1.165) is 35.8 Å². The molecule has 3 aromatic heterocycles. The maximum Gasteiger partial charge on any atom is 0.326 e. The minimum Gasteiger partial charge on any atom is -0.366 e. The summed E-state index contributed by atoms with van der Waals surface area (Å²) in [5.74, 6) is 0.994. The molecule has 4 heterocycles. The molecule has 0 aliphatic carbocycles. The summed E-state index contributed by atoms with van der Waals surface area (Å²) in [7, 11) is 0. The number of amides is 2. The van der Waals surface area contributed by atoms with Crippen molar-refractivity contribution in [3.63, 3.8) is 0 Å². The van der Waals surface area contributed by atoms with Crippen molar-refractivity contribution < 1.29 is 9.53 Å². The van der Waals surface area contributed by atoms with Gasteiger partial charge in [-0.05, 0) is 30.7 Å². The summed E-state index contributed by atoms with van der Waals surface area (Å²) < 4.78 is 5.46. The van der Waals surface area contributed by atoms with Crippen molar-refractivity contribution in [3.8, 4) is 10.6 Å². The quantitative estimate of drug-likeness (QED) is 0.636. The highest BCUT2D eigenvalue weighted by atomic mass is 35.5. The smallest absolute Gasteiger partial charge is 0.326 e. The zero-order chi connectivity index (χ0) is 19.2. The number of aromatic nitrogens is 3. The van der Waals surface area contributed by atoms with Crippen LogP contribution < -0.4 is 10.6 Å². The van der Waals surface area contributed by atoms with E-state index >= 15 is 0 Å². The van der Waals surface area contributed by atoms with Crippen LogP contribution in [-0.4, -0.2) is 45.8 Å². The van der Waals surface area contributed by atoms with Gasteiger partial charge in [-0.2, -0.15) is 0 Å². The van der Waals surface area contributed by atoms with Crippen molar-refractivity contribution in [1.29, 1.82) is 0 Å². The summed E-state index contributed by atoms with van der Waals surface area (Å²) in [5.41, 5.74) is 1.85. The topological polar surface area (TPSA) is 92.3 Å². The summed E-state index contributed by atoms with van der Waals surface area (Å²) in [4.78, 5) is 27.4. The van der Waals surface area contributed by atoms with Crippen LogP contribution in [0.3, 0.4) is 0 Å². The van der Waals surface area contributed by atoms with Crippen LogP contribution in [0.25, 0.3) is 10.6 Å². The van der Waals surface area contributed by atoms with Crippen LogP contribution in [0.15, 0.2) is 48.1 Å². The van der Waals surface area contributed by atoms with Crippen molar-refractivity contribution in [3.05, 3.63) is 53.8 Å². The Morgan fingerprint density at radius 3 is 2.76 bits per heavy atom. The number of ether oxygens (including phenoxy) is 1. The molecule has 2 N–H and O–H groups in total. The molecule has 29 heavy (non-hydrogen) atoms. The Kier molecular flexibility index (Phi) is 7.48. The number of rotatable bonds is 5. The number of anilines is 2. The fraction of sp³-hybridized carbons (Fsp3) is 0.263. The van der Waals surface area contributed by atoms with Gasteiger partial charge in [-0.1, -0.05) is 6.07 Å². The predicted molar refractivity (Wildman–Crippen MR) is 115 cm³/mol. The van der Waals surface area contributed by atoms with Crippen molar-refractivity contribution in [2.24, 2.45) is 0 Å². The molecule has 2 amide bonds. The maximum atomic E-state index is 12.3. The molecule has 1 fully saturated rings. The molecule has 0 atom stereocenters. The van der Waals surface area contributed by atoms with E-state index in [-0.39, 0.29) is 18.4 Å². The number of nitrogens with zero attached hydrogens (tertiary/aromatic N) is 4. The Morgan fingerprint density at radius 1 is 1.14 bits per heavy atom. The van der Waals surface area contributed by atoms with E-state index < -0.39 is 0 Å². The van der Waals surface area contributed by atoms with Gasteiger partial charge in [0.25, 0.3) is 0 Å². The molecule has 4 rings (SSSR count). The average Bonchev–Trinajstić information content (AvgIpc) is 3.18. The first-order valence-electron chi connectivity index (χ1n) is 8.96. The van der Waals surface area contributed by atoms with Gasteiger partial charge >= 0.3 is 6.03 Å². The molecule has 1 aliphatic rings. The lowest BCUT2D eigenvalue weighted by Crippen LogP contribution is -2.32. The van der Waals surface area contributed by atoms with E-state index in [9.17, 15) is 4.79 Å². The minimum absolute atomic E-state index is 0. The second-order valence-corrected chi connectivity index (χ2v) is 7.17. The molecule has 0 radical (unpaired) electrons. The summed E-state index contributed by atoms with van der Waals surface area (Å²) in [6, 6.07) is 8.97. The molecule has 1 aliphatic heterocycles. The van der Waals surface area contributed by atoms with Gasteiger partial charge in [0.15, 0.2) is 0 Å². The van der Waals surface area contributed by atoms with Gasteiger partial charge in [0.1, 0.15) is 16.6 Å². The first-order valence-corrected chi connectivity index (χ1v) is 9.84. The largest absolute Gasteiger partial charge is 0.366 e. The first-order chi connectivity index (χ1) is 13.8. The zero-order valence-electron chi connectivity index (χ0n) is 15.6.